The number of amides is 1. The van der Waals surface area contributed by atoms with Crippen molar-refractivity contribution >= 4 is 23.4 Å². The molecular formula is C18H20N2OS. The van der Waals surface area contributed by atoms with E-state index >= 15 is 0 Å². The predicted molar refractivity (Wildman–Crippen MR) is 92.0 cm³/mol. The average molecular weight is 312 g/mol. The number of carbonyl (C=O) groups is 1. The van der Waals surface area contributed by atoms with Gasteiger partial charge < -0.3 is 10.6 Å². The highest BCUT2D eigenvalue weighted by molar-refractivity contribution is 7.98. The van der Waals surface area contributed by atoms with Gasteiger partial charge in [0, 0.05) is 22.9 Å². The standard InChI is InChI=1S/C18H20N2OS/c19-18(21)17-7-4-12-20(17)15-8-10-16(11-9-15)22-13-14-5-2-1-3-6-14/h1-3,5-6,8-11,17H,4,7,12-13H2,(H2,19,21)/t17-/m1/s1. The van der Waals surface area contributed by atoms with E-state index in [1.807, 2.05) is 17.8 Å². The van der Waals surface area contributed by atoms with Crippen LogP contribution in [-0.2, 0) is 10.5 Å². The molecule has 0 aliphatic carbocycles. The van der Waals surface area contributed by atoms with Crippen LogP contribution in [0.2, 0.25) is 0 Å². The fraction of sp³-hybridized carbons (Fsp3) is 0.278. The maximum atomic E-state index is 11.5. The van der Waals surface area contributed by atoms with Gasteiger partial charge in [0.25, 0.3) is 0 Å². The number of anilines is 1. The molecule has 0 unspecified atom stereocenters. The van der Waals surface area contributed by atoms with Crippen molar-refractivity contribution in [3.05, 3.63) is 60.2 Å². The van der Waals surface area contributed by atoms with Crippen LogP contribution < -0.4 is 10.6 Å². The van der Waals surface area contributed by atoms with Crippen LogP contribution in [0.4, 0.5) is 5.69 Å². The van der Waals surface area contributed by atoms with Gasteiger partial charge in [-0.1, -0.05) is 30.3 Å². The van der Waals surface area contributed by atoms with Gasteiger partial charge in [-0.05, 0) is 42.7 Å². The number of hydrogen-bond donors (Lipinski definition) is 1. The second kappa shape index (κ2) is 6.88. The van der Waals surface area contributed by atoms with E-state index in [0.29, 0.717) is 0 Å². The summed E-state index contributed by atoms with van der Waals surface area (Å²) >= 11 is 1.82. The molecule has 0 saturated carbocycles. The zero-order chi connectivity index (χ0) is 15.4. The van der Waals surface area contributed by atoms with Crippen LogP contribution in [0.15, 0.2) is 59.5 Å². The molecule has 1 aliphatic heterocycles. The summed E-state index contributed by atoms with van der Waals surface area (Å²) in [7, 11) is 0. The fourth-order valence-electron chi connectivity index (χ4n) is 2.85. The molecule has 0 spiro atoms. The van der Waals surface area contributed by atoms with Crippen molar-refractivity contribution in [1.82, 2.24) is 0 Å². The number of carbonyl (C=O) groups excluding carboxylic acids is 1. The number of benzene rings is 2. The molecule has 1 aliphatic rings. The molecule has 2 aromatic carbocycles. The minimum atomic E-state index is -0.222. The van der Waals surface area contributed by atoms with Gasteiger partial charge in [-0.25, -0.2) is 0 Å². The molecule has 0 radical (unpaired) electrons. The Morgan fingerprint density at radius 1 is 1.14 bits per heavy atom. The van der Waals surface area contributed by atoms with Crippen LogP contribution >= 0.6 is 11.8 Å². The van der Waals surface area contributed by atoms with E-state index in [1.54, 1.807) is 0 Å². The molecule has 0 aromatic heterocycles. The van der Waals surface area contributed by atoms with Crippen LogP contribution in [-0.4, -0.2) is 18.5 Å². The van der Waals surface area contributed by atoms with Crippen molar-refractivity contribution < 1.29 is 4.79 Å². The quantitative estimate of drug-likeness (QED) is 0.860. The van der Waals surface area contributed by atoms with Crippen LogP contribution in [0.3, 0.4) is 0 Å². The molecule has 1 atom stereocenters. The summed E-state index contributed by atoms with van der Waals surface area (Å²) in [6, 6.07) is 18.7. The molecule has 0 bridgehead atoms. The Morgan fingerprint density at radius 3 is 2.55 bits per heavy atom. The zero-order valence-electron chi connectivity index (χ0n) is 12.4. The second-order valence-electron chi connectivity index (χ2n) is 5.52. The molecule has 4 heteroatoms. The summed E-state index contributed by atoms with van der Waals surface area (Å²) in [4.78, 5) is 14.8. The molecule has 1 fully saturated rings. The summed E-state index contributed by atoms with van der Waals surface area (Å²) in [5.41, 5.74) is 7.90. The number of hydrogen-bond acceptors (Lipinski definition) is 3. The van der Waals surface area contributed by atoms with Gasteiger partial charge in [0.05, 0.1) is 0 Å². The third-order valence-electron chi connectivity index (χ3n) is 4.00. The first-order valence-electron chi connectivity index (χ1n) is 7.57. The van der Waals surface area contributed by atoms with E-state index in [1.165, 1.54) is 10.5 Å². The minimum Gasteiger partial charge on any atom is -0.368 e. The van der Waals surface area contributed by atoms with E-state index in [0.717, 1.165) is 30.8 Å². The lowest BCUT2D eigenvalue weighted by Gasteiger charge is -2.24. The molecule has 2 aromatic rings. The summed E-state index contributed by atoms with van der Waals surface area (Å²) < 4.78 is 0. The molecule has 22 heavy (non-hydrogen) atoms. The zero-order valence-corrected chi connectivity index (χ0v) is 13.3. The van der Waals surface area contributed by atoms with E-state index < -0.39 is 0 Å². The van der Waals surface area contributed by atoms with E-state index in [9.17, 15) is 4.79 Å². The molecular weight excluding hydrogens is 292 g/mol. The maximum Gasteiger partial charge on any atom is 0.240 e. The van der Waals surface area contributed by atoms with Crippen molar-refractivity contribution in [2.45, 2.75) is 29.5 Å². The maximum absolute atomic E-state index is 11.5. The Bertz CT molecular complexity index is 627. The Hall–Kier alpha value is -1.94. The van der Waals surface area contributed by atoms with Gasteiger partial charge in [-0.15, -0.1) is 11.8 Å². The monoisotopic (exact) mass is 312 g/mol. The van der Waals surface area contributed by atoms with Crippen LogP contribution in [0.5, 0.6) is 0 Å². The lowest BCUT2D eigenvalue weighted by Crippen LogP contribution is -2.40. The highest BCUT2D eigenvalue weighted by atomic mass is 32.2. The van der Waals surface area contributed by atoms with Gasteiger partial charge in [0.2, 0.25) is 5.91 Å². The van der Waals surface area contributed by atoms with Crippen molar-refractivity contribution in [2.75, 3.05) is 11.4 Å². The Kier molecular flexibility index (Phi) is 4.68. The number of nitrogens with zero attached hydrogens (tertiary/aromatic N) is 1. The molecule has 1 heterocycles. The molecule has 3 rings (SSSR count). The van der Waals surface area contributed by atoms with Gasteiger partial charge in [-0.2, -0.15) is 0 Å². The van der Waals surface area contributed by atoms with Gasteiger partial charge >= 0.3 is 0 Å². The highest BCUT2D eigenvalue weighted by Gasteiger charge is 2.28. The lowest BCUT2D eigenvalue weighted by molar-refractivity contribution is -0.119. The number of nitrogens with two attached hydrogens (primary N) is 1. The van der Waals surface area contributed by atoms with Gasteiger partial charge in [0.15, 0.2) is 0 Å². The van der Waals surface area contributed by atoms with Crippen LogP contribution in [0.25, 0.3) is 0 Å². The van der Waals surface area contributed by atoms with Crippen LogP contribution in [0, 0.1) is 0 Å². The number of primary amides is 1. The van der Waals surface area contributed by atoms with Gasteiger partial charge in [-0.3, -0.25) is 4.79 Å². The van der Waals surface area contributed by atoms with Gasteiger partial charge in [0.1, 0.15) is 6.04 Å². The third kappa shape index (κ3) is 3.45. The van der Waals surface area contributed by atoms with Crippen molar-refractivity contribution in [1.29, 1.82) is 0 Å². The summed E-state index contributed by atoms with van der Waals surface area (Å²) in [5.74, 6) is 0.744. The third-order valence-corrected chi connectivity index (χ3v) is 5.08. The van der Waals surface area contributed by atoms with E-state index in [2.05, 4.69) is 53.4 Å². The predicted octanol–water partition coefficient (Wildman–Crippen LogP) is 3.43. The number of thioether (sulfide) groups is 1. The van der Waals surface area contributed by atoms with Crippen molar-refractivity contribution in [2.24, 2.45) is 5.73 Å². The number of rotatable bonds is 5. The Balaban J connectivity index is 1.64. The Labute approximate surface area is 135 Å². The summed E-state index contributed by atoms with van der Waals surface area (Å²) in [6.07, 6.45) is 1.89. The molecule has 3 nitrogen and oxygen atoms in total. The largest absolute Gasteiger partial charge is 0.368 e. The first-order valence-corrected chi connectivity index (χ1v) is 8.55. The smallest absolute Gasteiger partial charge is 0.240 e. The molecule has 1 saturated heterocycles. The Morgan fingerprint density at radius 2 is 1.86 bits per heavy atom. The van der Waals surface area contributed by atoms with Crippen molar-refractivity contribution in [3.63, 3.8) is 0 Å². The van der Waals surface area contributed by atoms with Crippen molar-refractivity contribution in [3.8, 4) is 0 Å². The lowest BCUT2D eigenvalue weighted by atomic mass is 10.2. The molecule has 114 valence electrons. The topological polar surface area (TPSA) is 46.3 Å². The van der Waals surface area contributed by atoms with E-state index in [-0.39, 0.29) is 11.9 Å². The SMILES string of the molecule is NC(=O)[C@H]1CCCN1c1ccc(SCc2ccccc2)cc1. The minimum absolute atomic E-state index is 0.150. The molecule has 2 N–H and O–H groups in total. The fourth-order valence-corrected chi connectivity index (χ4v) is 3.70. The average Bonchev–Trinajstić information content (AvgIpc) is 3.04. The first kappa shape index (κ1) is 15.0. The first-order chi connectivity index (χ1) is 10.7. The summed E-state index contributed by atoms with van der Waals surface area (Å²) in [5, 5.41) is 0. The summed E-state index contributed by atoms with van der Waals surface area (Å²) in [6.45, 7) is 0.907. The van der Waals surface area contributed by atoms with Crippen LogP contribution in [0.1, 0.15) is 18.4 Å². The normalized spacial score (nSPS) is 17.6. The highest BCUT2D eigenvalue weighted by Crippen LogP contribution is 2.29. The second-order valence-corrected chi connectivity index (χ2v) is 6.57. The van der Waals surface area contributed by atoms with E-state index in [4.69, 9.17) is 5.73 Å². The molecule has 1 amide bonds.